The second-order valence-electron chi connectivity index (χ2n) is 3.51. The van der Waals surface area contributed by atoms with Crippen LogP contribution in [-0.4, -0.2) is 9.97 Å². The molecular formula is C11H10BrFN4. The van der Waals surface area contributed by atoms with Gasteiger partial charge in [-0.05, 0) is 46.6 Å². The fourth-order valence-electron chi connectivity index (χ4n) is 1.36. The highest BCUT2D eigenvalue weighted by atomic mass is 79.9. The summed E-state index contributed by atoms with van der Waals surface area (Å²) in [6, 6.07) is 4.76. The van der Waals surface area contributed by atoms with Crippen LogP contribution in [0.2, 0.25) is 0 Å². The standard InChI is InChI=1S/C11H10BrFN4/c1-6-4-7(12)8(13)5-9(6)16-10-2-3-15-11(14)17-10/h2-5H,1H3,(H3,14,15,16,17). The number of aryl methyl sites for hydroxylation is 1. The second-order valence-corrected chi connectivity index (χ2v) is 4.36. The second kappa shape index (κ2) is 4.67. The molecule has 0 bridgehead atoms. The van der Waals surface area contributed by atoms with Gasteiger partial charge in [0.15, 0.2) is 0 Å². The van der Waals surface area contributed by atoms with E-state index in [1.807, 2.05) is 6.92 Å². The Balaban J connectivity index is 2.33. The monoisotopic (exact) mass is 296 g/mol. The molecule has 0 aliphatic heterocycles. The van der Waals surface area contributed by atoms with E-state index < -0.39 is 0 Å². The van der Waals surface area contributed by atoms with Gasteiger partial charge < -0.3 is 11.1 Å². The van der Waals surface area contributed by atoms with Crippen molar-refractivity contribution >= 4 is 33.4 Å². The van der Waals surface area contributed by atoms with Gasteiger partial charge in [-0.15, -0.1) is 0 Å². The van der Waals surface area contributed by atoms with Crippen LogP contribution in [-0.2, 0) is 0 Å². The van der Waals surface area contributed by atoms with Crippen LogP contribution in [0.4, 0.5) is 21.8 Å². The van der Waals surface area contributed by atoms with Crippen molar-refractivity contribution in [2.45, 2.75) is 6.92 Å². The fourth-order valence-corrected chi connectivity index (χ4v) is 1.82. The van der Waals surface area contributed by atoms with E-state index in [1.54, 1.807) is 12.1 Å². The highest BCUT2D eigenvalue weighted by Crippen LogP contribution is 2.25. The van der Waals surface area contributed by atoms with Gasteiger partial charge in [0.05, 0.1) is 4.47 Å². The highest BCUT2D eigenvalue weighted by molar-refractivity contribution is 9.10. The van der Waals surface area contributed by atoms with Crippen molar-refractivity contribution in [2.24, 2.45) is 0 Å². The third-order valence-electron chi connectivity index (χ3n) is 2.20. The maximum absolute atomic E-state index is 13.4. The van der Waals surface area contributed by atoms with Crippen LogP contribution in [0.5, 0.6) is 0 Å². The zero-order chi connectivity index (χ0) is 12.4. The lowest BCUT2D eigenvalue weighted by Gasteiger charge is -2.09. The molecule has 88 valence electrons. The lowest BCUT2D eigenvalue weighted by Crippen LogP contribution is -2.00. The normalized spacial score (nSPS) is 10.3. The van der Waals surface area contributed by atoms with E-state index in [-0.39, 0.29) is 11.8 Å². The predicted octanol–water partition coefficient (Wildman–Crippen LogP) is 3.01. The largest absolute Gasteiger partial charge is 0.368 e. The van der Waals surface area contributed by atoms with Crippen LogP contribution in [0.25, 0.3) is 0 Å². The topological polar surface area (TPSA) is 63.8 Å². The van der Waals surface area contributed by atoms with Gasteiger partial charge in [0.1, 0.15) is 11.6 Å². The predicted molar refractivity (Wildman–Crippen MR) is 68.6 cm³/mol. The Labute approximate surface area is 106 Å². The minimum Gasteiger partial charge on any atom is -0.368 e. The van der Waals surface area contributed by atoms with Crippen LogP contribution in [0, 0.1) is 12.7 Å². The number of halogens is 2. The van der Waals surface area contributed by atoms with Crippen molar-refractivity contribution in [1.82, 2.24) is 9.97 Å². The Morgan fingerprint density at radius 3 is 2.88 bits per heavy atom. The molecule has 2 rings (SSSR count). The average Bonchev–Trinajstić information content (AvgIpc) is 2.26. The summed E-state index contributed by atoms with van der Waals surface area (Å²) in [5, 5.41) is 2.99. The first-order chi connectivity index (χ1) is 8.06. The summed E-state index contributed by atoms with van der Waals surface area (Å²) >= 11 is 3.13. The summed E-state index contributed by atoms with van der Waals surface area (Å²) in [5.74, 6) is 0.368. The minimum atomic E-state index is -0.333. The molecule has 0 amide bonds. The van der Waals surface area contributed by atoms with Crippen LogP contribution in [0.3, 0.4) is 0 Å². The molecule has 0 saturated heterocycles. The van der Waals surface area contributed by atoms with Crippen LogP contribution in [0.1, 0.15) is 5.56 Å². The number of hydrogen-bond acceptors (Lipinski definition) is 4. The number of nitrogens with zero attached hydrogens (tertiary/aromatic N) is 2. The van der Waals surface area contributed by atoms with E-state index in [1.165, 1.54) is 12.3 Å². The number of hydrogen-bond donors (Lipinski definition) is 2. The fraction of sp³-hybridized carbons (Fsp3) is 0.0909. The van der Waals surface area contributed by atoms with Crippen molar-refractivity contribution in [2.75, 3.05) is 11.1 Å². The molecule has 3 N–H and O–H groups in total. The third-order valence-corrected chi connectivity index (χ3v) is 2.81. The minimum absolute atomic E-state index is 0.172. The molecule has 0 fully saturated rings. The molecule has 6 heteroatoms. The molecule has 17 heavy (non-hydrogen) atoms. The van der Waals surface area contributed by atoms with Crippen LogP contribution in [0.15, 0.2) is 28.9 Å². The number of nitrogens with two attached hydrogens (primary N) is 1. The highest BCUT2D eigenvalue weighted by Gasteiger charge is 2.06. The maximum Gasteiger partial charge on any atom is 0.221 e. The summed E-state index contributed by atoms with van der Waals surface area (Å²) in [4.78, 5) is 7.76. The molecule has 0 radical (unpaired) electrons. The first-order valence-electron chi connectivity index (χ1n) is 4.87. The molecule has 0 aliphatic carbocycles. The Hall–Kier alpha value is -1.69. The van der Waals surface area contributed by atoms with E-state index in [0.717, 1.165) is 5.56 Å². The molecule has 0 unspecified atom stereocenters. The lowest BCUT2D eigenvalue weighted by molar-refractivity contribution is 0.621. The van der Waals surface area contributed by atoms with Crippen molar-refractivity contribution in [3.8, 4) is 0 Å². The van der Waals surface area contributed by atoms with Crippen LogP contribution < -0.4 is 11.1 Å². The molecule has 0 spiro atoms. The van der Waals surface area contributed by atoms with E-state index in [9.17, 15) is 4.39 Å². The van der Waals surface area contributed by atoms with Gasteiger partial charge >= 0.3 is 0 Å². The van der Waals surface area contributed by atoms with E-state index in [0.29, 0.717) is 16.0 Å². The van der Waals surface area contributed by atoms with Gasteiger partial charge in [-0.2, -0.15) is 4.98 Å². The zero-order valence-electron chi connectivity index (χ0n) is 9.04. The van der Waals surface area contributed by atoms with Gasteiger partial charge in [-0.3, -0.25) is 0 Å². The first kappa shape index (κ1) is 11.8. The van der Waals surface area contributed by atoms with Crippen molar-refractivity contribution in [3.63, 3.8) is 0 Å². The SMILES string of the molecule is Cc1cc(Br)c(F)cc1Nc1ccnc(N)n1. The van der Waals surface area contributed by atoms with Gasteiger partial charge in [-0.25, -0.2) is 9.37 Å². The smallest absolute Gasteiger partial charge is 0.221 e. The molecule has 1 aromatic heterocycles. The Morgan fingerprint density at radius 1 is 1.41 bits per heavy atom. The summed E-state index contributed by atoms with van der Waals surface area (Å²) in [6.07, 6.45) is 1.54. The maximum atomic E-state index is 13.4. The Kier molecular flexibility index (Phi) is 3.23. The van der Waals surface area contributed by atoms with Crippen LogP contribution >= 0.6 is 15.9 Å². The first-order valence-corrected chi connectivity index (χ1v) is 5.67. The zero-order valence-corrected chi connectivity index (χ0v) is 10.6. The number of anilines is 3. The molecule has 1 heterocycles. The molecule has 1 aromatic carbocycles. The van der Waals surface area contributed by atoms with Gasteiger partial charge in [0, 0.05) is 11.9 Å². The quantitative estimate of drug-likeness (QED) is 0.894. The van der Waals surface area contributed by atoms with E-state index in [2.05, 4.69) is 31.2 Å². The number of nitrogen functional groups attached to an aromatic ring is 1. The molecule has 0 aliphatic rings. The Bertz CT molecular complexity index is 559. The lowest BCUT2D eigenvalue weighted by atomic mass is 10.2. The third kappa shape index (κ3) is 2.71. The number of rotatable bonds is 2. The molecule has 0 atom stereocenters. The van der Waals surface area contributed by atoms with Gasteiger partial charge in [-0.1, -0.05) is 0 Å². The van der Waals surface area contributed by atoms with Crippen molar-refractivity contribution in [3.05, 3.63) is 40.2 Å². The number of aromatic nitrogens is 2. The molecule has 2 aromatic rings. The van der Waals surface area contributed by atoms with Gasteiger partial charge in [0.2, 0.25) is 5.95 Å². The average molecular weight is 297 g/mol. The van der Waals surface area contributed by atoms with E-state index >= 15 is 0 Å². The molecule has 0 saturated carbocycles. The summed E-state index contributed by atoms with van der Waals surface area (Å²) in [5.41, 5.74) is 7.00. The van der Waals surface area contributed by atoms with Crippen molar-refractivity contribution in [1.29, 1.82) is 0 Å². The summed E-state index contributed by atoms with van der Waals surface area (Å²) in [7, 11) is 0. The van der Waals surface area contributed by atoms with Gasteiger partial charge in [0.25, 0.3) is 0 Å². The molecular weight excluding hydrogens is 287 g/mol. The van der Waals surface area contributed by atoms with Crippen molar-refractivity contribution < 1.29 is 4.39 Å². The molecule has 4 nitrogen and oxygen atoms in total. The van der Waals surface area contributed by atoms with E-state index in [4.69, 9.17) is 5.73 Å². The Morgan fingerprint density at radius 2 is 2.18 bits per heavy atom. The summed E-state index contributed by atoms with van der Waals surface area (Å²) < 4.78 is 13.8. The number of benzene rings is 1. The number of nitrogens with one attached hydrogen (secondary N) is 1. The summed E-state index contributed by atoms with van der Waals surface area (Å²) in [6.45, 7) is 1.87.